The van der Waals surface area contributed by atoms with Crippen molar-refractivity contribution < 1.29 is 15.0 Å². The van der Waals surface area contributed by atoms with Crippen molar-refractivity contribution >= 4 is 28.2 Å². The third-order valence-corrected chi connectivity index (χ3v) is 4.13. The Morgan fingerprint density at radius 3 is 2.42 bits per heavy atom. The lowest BCUT2D eigenvalue weighted by atomic mass is 9.98. The number of thiazole rings is 1. The molecule has 0 aliphatic carbocycles. The maximum atomic E-state index is 12.1. The highest BCUT2D eigenvalue weighted by Gasteiger charge is 2.30. The number of carbonyl (C=O) groups is 1. The number of aromatic nitrogens is 1. The normalized spacial score (nSPS) is 11.4. The van der Waals surface area contributed by atoms with E-state index in [0.29, 0.717) is 11.6 Å². The molecule has 108 valence electrons. The van der Waals surface area contributed by atoms with Crippen molar-refractivity contribution in [2.45, 2.75) is 18.9 Å². The van der Waals surface area contributed by atoms with Gasteiger partial charge in [0.15, 0.2) is 5.13 Å². The molecule has 8 heteroatoms. The van der Waals surface area contributed by atoms with Crippen molar-refractivity contribution in [2.24, 2.45) is 0 Å². The van der Waals surface area contributed by atoms with Crippen molar-refractivity contribution in [3.63, 3.8) is 0 Å². The summed E-state index contributed by atoms with van der Waals surface area (Å²) in [5.74, 6) is -0.292. The summed E-state index contributed by atoms with van der Waals surface area (Å²) in [6.07, 6.45) is 0.408. The zero-order chi connectivity index (χ0) is 14.6. The molecule has 19 heavy (non-hydrogen) atoms. The Labute approximate surface area is 116 Å². The van der Waals surface area contributed by atoms with E-state index in [2.05, 4.69) is 10.3 Å². The summed E-state index contributed by atoms with van der Waals surface area (Å²) in [4.78, 5) is 18.2. The fourth-order valence-corrected chi connectivity index (χ4v) is 2.22. The molecule has 0 saturated heterocycles. The number of carbonyl (C=O) groups excluding carboxylic acids is 1. The molecule has 0 aliphatic heterocycles. The topological polar surface area (TPSA) is 112 Å². The molecular formula is C11H20N4O3S. The molecule has 0 bridgehead atoms. The molecule has 1 aromatic rings. The standard InChI is InChI=1S/C11H20N4O3S/c1-4-11(5-16,6-17)14-9(18)7-8(12)13-10(19-7)15(2)3/h16-17H,4-6,12H2,1-3H3,(H,14,18). The van der Waals surface area contributed by atoms with Crippen LogP contribution in [0.2, 0.25) is 0 Å². The van der Waals surface area contributed by atoms with Crippen LogP contribution in [0.15, 0.2) is 0 Å². The Kier molecular flexibility index (Phi) is 5.10. The highest BCUT2D eigenvalue weighted by atomic mass is 32.1. The Balaban J connectivity index is 2.95. The highest BCUT2D eigenvalue weighted by molar-refractivity contribution is 7.18. The first kappa shape index (κ1) is 15.7. The number of nitrogens with one attached hydrogen (secondary N) is 1. The van der Waals surface area contributed by atoms with Crippen molar-refractivity contribution in [3.8, 4) is 0 Å². The van der Waals surface area contributed by atoms with Crippen LogP contribution in [-0.2, 0) is 0 Å². The first-order valence-corrected chi connectivity index (χ1v) is 6.68. The van der Waals surface area contributed by atoms with Crippen LogP contribution in [0.1, 0.15) is 23.0 Å². The maximum absolute atomic E-state index is 12.1. The largest absolute Gasteiger partial charge is 0.394 e. The number of hydrogen-bond acceptors (Lipinski definition) is 7. The van der Waals surface area contributed by atoms with E-state index in [0.717, 1.165) is 11.3 Å². The summed E-state index contributed by atoms with van der Waals surface area (Å²) in [5, 5.41) is 21.9. The average molecular weight is 288 g/mol. The van der Waals surface area contributed by atoms with Crippen molar-refractivity contribution in [1.29, 1.82) is 0 Å². The SMILES string of the molecule is CCC(CO)(CO)NC(=O)c1sc(N(C)C)nc1N. The van der Waals surface area contributed by atoms with E-state index in [9.17, 15) is 15.0 Å². The first-order chi connectivity index (χ1) is 8.89. The summed E-state index contributed by atoms with van der Waals surface area (Å²) in [5.41, 5.74) is 4.67. The summed E-state index contributed by atoms with van der Waals surface area (Å²) >= 11 is 1.16. The van der Waals surface area contributed by atoms with E-state index in [-0.39, 0.29) is 23.9 Å². The van der Waals surface area contributed by atoms with Crippen molar-refractivity contribution in [1.82, 2.24) is 10.3 Å². The smallest absolute Gasteiger partial charge is 0.265 e. The van der Waals surface area contributed by atoms with Gasteiger partial charge in [-0.1, -0.05) is 18.3 Å². The number of nitrogens with zero attached hydrogens (tertiary/aromatic N) is 2. The minimum atomic E-state index is -1.04. The number of amides is 1. The number of rotatable bonds is 6. The number of anilines is 2. The van der Waals surface area contributed by atoms with Crippen molar-refractivity contribution in [2.75, 3.05) is 37.9 Å². The van der Waals surface area contributed by atoms with Gasteiger partial charge in [0.1, 0.15) is 10.7 Å². The second-order valence-corrected chi connectivity index (χ2v) is 5.49. The number of aliphatic hydroxyl groups is 2. The van der Waals surface area contributed by atoms with Gasteiger partial charge in [-0.25, -0.2) is 4.98 Å². The van der Waals surface area contributed by atoms with E-state index >= 15 is 0 Å². The fourth-order valence-electron chi connectivity index (χ4n) is 1.41. The number of hydrogen-bond donors (Lipinski definition) is 4. The van der Waals surface area contributed by atoms with Gasteiger partial charge in [0.2, 0.25) is 0 Å². The minimum absolute atomic E-state index is 0.145. The Bertz CT molecular complexity index is 435. The predicted octanol–water partition coefficient (Wildman–Crippen LogP) is -0.345. The minimum Gasteiger partial charge on any atom is -0.394 e. The van der Waals surface area contributed by atoms with Gasteiger partial charge < -0.3 is 26.2 Å². The van der Waals surface area contributed by atoms with Gasteiger partial charge in [0.25, 0.3) is 5.91 Å². The van der Waals surface area contributed by atoms with Gasteiger partial charge in [-0.15, -0.1) is 0 Å². The third-order valence-electron chi connectivity index (χ3n) is 2.89. The summed E-state index contributed by atoms with van der Waals surface area (Å²) in [7, 11) is 3.61. The van der Waals surface area contributed by atoms with E-state index < -0.39 is 11.4 Å². The van der Waals surface area contributed by atoms with Crippen LogP contribution >= 0.6 is 11.3 Å². The third kappa shape index (κ3) is 3.34. The molecule has 1 amide bonds. The van der Waals surface area contributed by atoms with Crippen LogP contribution in [0.4, 0.5) is 10.9 Å². The summed E-state index contributed by atoms with van der Waals surface area (Å²) in [6, 6.07) is 0. The van der Waals surface area contributed by atoms with E-state index in [1.54, 1.807) is 25.9 Å². The van der Waals surface area contributed by atoms with E-state index in [1.165, 1.54) is 0 Å². The number of aliphatic hydroxyl groups excluding tert-OH is 2. The lowest BCUT2D eigenvalue weighted by Gasteiger charge is -2.29. The molecule has 0 unspecified atom stereocenters. The van der Waals surface area contributed by atoms with Crippen LogP contribution in [0.5, 0.6) is 0 Å². The van der Waals surface area contributed by atoms with Crippen LogP contribution in [0.25, 0.3) is 0 Å². The molecule has 1 rings (SSSR count). The molecule has 0 atom stereocenters. The predicted molar refractivity (Wildman–Crippen MR) is 75.5 cm³/mol. The van der Waals surface area contributed by atoms with E-state index in [1.807, 2.05) is 0 Å². The highest BCUT2D eigenvalue weighted by Crippen LogP contribution is 2.27. The zero-order valence-corrected chi connectivity index (χ0v) is 12.1. The Morgan fingerprint density at radius 1 is 1.47 bits per heavy atom. The molecule has 0 saturated carbocycles. The lowest BCUT2D eigenvalue weighted by molar-refractivity contribution is 0.0656. The molecule has 0 fully saturated rings. The van der Waals surface area contributed by atoms with Gasteiger partial charge >= 0.3 is 0 Å². The Morgan fingerprint density at radius 2 is 2.05 bits per heavy atom. The average Bonchev–Trinajstić information content (AvgIpc) is 2.78. The van der Waals surface area contributed by atoms with Crippen LogP contribution in [0.3, 0.4) is 0 Å². The number of nitrogens with two attached hydrogens (primary N) is 1. The summed E-state index contributed by atoms with van der Waals surface area (Å²) in [6.45, 7) is 1.09. The van der Waals surface area contributed by atoms with Gasteiger partial charge in [-0.05, 0) is 6.42 Å². The van der Waals surface area contributed by atoms with Gasteiger partial charge in [0.05, 0.1) is 18.8 Å². The quantitative estimate of drug-likeness (QED) is 0.569. The molecule has 5 N–H and O–H groups in total. The molecule has 1 heterocycles. The van der Waals surface area contributed by atoms with Crippen LogP contribution in [0, 0.1) is 0 Å². The monoisotopic (exact) mass is 288 g/mol. The Hall–Kier alpha value is -1.38. The van der Waals surface area contributed by atoms with Gasteiger partial charge in [-0.2, -0.15) is 0 Å². The molecule has 1 aromatic heterocycles. The van der Waals surface area contributed by atoms with Crippen LogP contribution < -0.4 is 16.0 Å². The van der Waals surface area contributed by atoms with E-state index in [4.69, 9.17) is 5.73 Å². The number of nitrogen functional groups attached to an aromatic ring is 1. The second kappa shape index (κ2) is 6.18. The molecule has 0 aromatic carbocycles. The lowest BCUT2D eigenvalue weighted by Crippen LogP contribution is -2.53. The molecule has 0 spiro atoms. The maximum Gasteiger partial charge on any atom is 0.265 e. The zero-order valence-electron chi connectivity index (χ0n) is 11.3. The van der Waals surface area contributed by atoms with Crippen molar-refractivity contribution in [3.05, 3.63) is 4.88 Å². The molecule has 7 nitrogen and oxygen atoms in total. The molecule has 0 aliphatic rings. The molecule has 0 radical (unpaired) electrons. The fraction of sp³-hybridized carbons (Fsp3) is 0.636. The molecular weight excluding hydrogens is 268 g/mol. The first-order valence-electron chi connectivity index (χ1n) is 5.87. The second-order valence-electron chi connectivity index (χ2n) is 4.51. The van der Waals surface area contributed by atoms with Gasteiger partial charge in [-0.3, -0.25) is 4.79 Å². The van der Waals surface area contributed by atoms with Crippen LogP contribution in [-0.4, -0.2) is 54.0 Å². The van der Waals surface area contributed by atoms with Gasteiger partial charge in [0, 0.05) is 14.1 Å². The summed E-state index contributed by atoms with van der Waals surface area (Å²) < 4.78 is 0.